The molecule has 8 aromatic rings. The molecule has 12 rings (SSSR count). The molecule has 4 aliphatic rings. The van der Waals surface area contributed by atoms with Gasteiger partial charge < -0.3 is 24.3 Å². The van der Waals surface area contributed by atoms with Crippen LogP contribution in [0.3, 0.4) is 0 Å². The van der Waals surface area contributed by atoms with Crippen LogP contribution in [0, 0.1) is 0 Å². The Balaban J connectivity index is 1.02. The summed E-state index contributed by atoms with van der Waals surface area (Å²) in [4.78, 5) is 19.2. The molecule has 2 aromatic heterocycles. The fraction of sp³-hybridized carbons (Fsp3) is 0.115. The molecule has 59 heavy (non-hydrogen) atoms. The Hall–Kier alpha value is -7.38. The van der Waals surface area contributed by atoms with E-state index in [4.69, 9.17) is 14.7 Å². The number of aromatic nitrogens is 2. The van der Waals surface area contributed by atoms with Crippen LogP contribution < -0.4 is 24.3 Å². The Morgan fingerprint density at radius 3 is 1.19 bits per heavy atom. The van der Waals surface area contributed by atoms with Gasteiger partial charge in [0.2, 0.25) is 0 Å². The van der Waals surface area contributed by atoms with Crippen molar-refractivity contribution in [1.82, 2.24) is 9.97 Å². The molecule has 0 atom stereocenters. The Labute approximate surface area is 344 Å². The normalized spacial score (nSPS) is 16.0. The summed E-state index contributed by atoms with van der Waals surface area (Å²) in [6, 6.07) is 61.4. The zero-order valence-corrected chi connectivity index (χ0v) is 32.8. The first kappa shape index (κ1) is 33.7. The van der Waals surface area contributed by atoms with E-state index in [0.29, 0.717) is 13.3 Å². The van der Waals surface area contributed by atoms with E-state index in [-0.39, 0.29) is 0 Å². The number of nitrogens with zero attached hydrogens (tertiary/aromatic N) is 6. The van der Waals surface area contributed by atoms with Gasteiger partial charge >= 0.3 is 0 Å². The zero-order valence-electron chi connectivity index (χ0n) is 32.8. The smallest absolute Gasteiger partial charge is 0.153 e. The quantitative estimate of drug-likeness (QED) is 0.167. The summed E-state index contributed by atoms with van der Waals surface area (Å²) in [6.07, 6.45) is 3.77. The second kappa shape index (κ2) is 12.6. The molecule has 0 amide bonds. The summed E-state index contributed by atoms with van der Waals surface area (Å²) in [5.74, 6) is 3.50. The first-order valence-electron chi connectivity index (χ1n) is 20.2. The summed E-state index contributed by atoms with van der Waals surface area (Å²) in [7, 11) is 4.25. The Morgan fingerprint density at radius 2 is 0.797 bits per heavy atom. The first-order valence-corrected chi connectivity index (χ1v) is 20.2. The molecule has 0 saturated carbocycles. The molecule has 0 radical (unpaired) electrons. The van der Waals surface area contributed by atoms with Gasteiger partial charge in [0, 0.05) is 26.5 Å². The number of rotatable bonds is 6. The zero-order chi connectivity index (χ0) is 39.3. The van der Waals surface area contributed by atoms with E-state index in [9.17, 15) is 0 Å². The standard InChI is InChI=1S/C52H40N6O/c1-55-33-57(47-27-13-29-53-49(47)55)51(43-23-7-3-19-39(43)40-20-4-8-24-44(40)51)35-15-11-17-37(31-35)59-38-18-12-16-36(32-38)52(58-34-56(2)50-48(58)28-14-30-54-50)45-25-9-5-21-41(45)42-22-6-10-26-46(42)52/h3-32H,33-34H2,1-2H3. The number of pyridine rings is 2. The molecule has 0 fully saturated rings. The highest BCUT2D eigenvalue weighted by atomic mass is 16.5. The predicted octanol–water partition coefficient (Wildman–Crippen LogP) is 10.6. The molecule has 7 nitrogen and oxygen atoms in total. The number of hydrogen-bond donors (Lipinski definition) is 0. The Bertz CT molecular complexity index is 2690. The van der Waals surface area contributed by atoms with Gasteiger partial charge in [-0.25, -0.2) is 9.97 Å². The third kappa shape index (κ3) is 4.52. The summed E-state index contributed by atoms with van der Waals surface area (Å²) in [6.45, 7) is 1.36. The monoisotopic (exact) mass is 764 g/mol. The van der Waals surface area contributed by atoms with Gasteiger partial charge in [0.1, 0.15) is 22.6 Å². The van der Waals surface area contributed by atoms with Crippen LogP contribution in [0.4, 0.5) is 23.0 Å². The average Bonchev–Trinajstić information content (AvgIpc) is 4.00. The molecule has 0 unspecified atom stereocenters. The lowest BCUT2D eigenvalue weighted by atomic mass is 9.78. The summed E-state index contributed by atoms with van der Waals surface area (Å²) in [5, 5.41) is 0. The van der Waals surface area contributed by atoms with Gasteiger partial charge in [-0.05, 0) is 104 Å². The molecule has 7 heteroatoms. The van der Waals surface area contributed by atoms with Gasteiger partial charge in [-0.15, -0.1) is 0 Å². The van der Waals surface area contributed by atoms with Crippen molar-refractivity contribution < 1.29 is 4.74 Å². The topological polar surface area (TPSA) is 48.0 Å². The summed E-state index contributed by atoms with van der Waals surface area (Å²) < 4.78 is 7.04. The van der Waals surface area contributed by atoms with Crippen molar-refractivity contribution in [3.63, 3.8) is 0 Å². The maximum Gasteiger partial charge on any atom is 0.153 e. The van der Waals surface area contributed by atoms with E-state index in [1.807, 2.05) is 24.5 Å². The lowest BCUT2D eigenvalue weighted by Gasteiger charge is -2.43. The number of fused-ring (bicyclic) bond motifs is 8. The van der Waals surface area contributed by atoms with Crippen LogP contribution in [-0.2, 0) is 11.1 Å². The van der Waals surface area contributed by atoms with E-state index in [1.165, 1.54) is 44.5 Å². The van der Waals surface area contributed by atoms with E-state index in [1.54, 1.807) is 0 Å². The Morgan fingerprint density at radius 1 is 0.424 bits per heavy atom. The molecule has 0 saturated heterocycles. The van der Waals surface area contributed by atoms with Gasteiger partial charge in [0.15, 0.2) is 11.6 Å². The predicted molar refractivity (Wildman–Crippen MR) is 236 cm³/mol. The molecule has 2 aliphatic heterocycles. The third-order valence-corrected chi connectivity index (χ3v) is 12.9. The minimum atomic E-state index is -0.637. The van der Waals surface area contributed by atoms with E-state index in [2.05, 4.69) is 191 Å². The van der Waals surface area contributed by atoms with Crippen LogP contribution in [0.25, 0.3) is 22.3 Å². The van der Waals surface area contributed by atoms with Gasteiger partial charge in [0.25, 0.3) is 0 Å². The lowest BCUT2D eigenvalue weighted by Crippen LogP contribution is -2.48. The number of hydrogen-bond acceptors (Lipinski definition) is 7. The van der Waals surface area contributed by atoms with Gasteiger partial charge in [-0.3, -0.25) is 0 Å². The average molecular weight is 765 g/mol. The molecule has 2 aliphatic carbocycles. The molecule has 0 N–H and O–H groups in total. The van der Waals surface area contributed by atoms with Gasteiger partial charge in [-0.1, -0.05) is 121 Å². The maximum atomic E-state index is 7.04. The highest BCUT2D eigenvalue weighted by Gasteiger charge is 2.53. The van der Waals surface area contributed by atoms with E-state index < -0.39 is 11.1 Å². The summed E-state index contributed by atoms with van der Waals surface area (Å²) >= 11 is 0. The van der Waals surface area contributed by atoms with Gasteiger partial charge in [-0.2, -0.15) is 0 Å². The number of anilines is 4. The van der Waals surface area contributed by atoms with Gasteiger partial charge in [0.05, 0.1) is 24.7 Å². The first-order chi connectivity index (χ1) is 29.1. The highest BCUT2D eigenvalue weighted by molar-refractivity contribution is 5.90. The molecular formula is C52H40N6O. The van der Waals surface area contributed by atoms with Crippen LogP contribution in [0.5, 0.6) is 11.5 Å². The minimum absolute atomic E-state index is 0.637. The van der Waals surface area contributed by atoms with E-state index >= 15 is 0 Å². The number of benzene rings is 6. The minimum Gasteiger partial charge on any atom is -0.457 e. The SMILES string of the molecule is CN1CN(C2(c3cccc(Oc4cccc(C5(N6CN(C)c7ncccc76)c6ccccc6-c6ccccc65)c4)c3)c3ccccc3-c3ccccc32)c2cccnc21. The number of ether oxygens (including phenoxy) is 1. The van der Waals surface area contributed by atoms with Crippen molar-refractivity contribution in [2.75, 3.05) is 47.0 Å². The van der Waals surface area contributed by atoms with Crippen molar-refractivity contribution in [2.24, 2.45) is 0 Å². The lowest BCUT2D eigenvalue weighted by molar-refractivity contribution is 0.476. The van der Waals surface area contributed by atoms with Crippen molar-refractivity contribution in [3.05, 3.63) is 216 Å². The van der Waals surface area contributed by atoms with Crippen LogP contribution in [-0.4, -0.2) is 37.4 Å². The Kier molecular flexibility index (Phi) is 7.18. The molecule has 0 bridgehead atoms. The molecule has 284 valence electrons. The fourth-order valence-electron chi connectivity index (χ4n) is 10.7. The maximum absolute atomic E-state index is 7.04. The van der Waals surface area contributed by atoms with Crippen molar-refractivity contribution in [1.29, 1.82) is 0 Å². The van der Waals surface area contributed by atoms with Crippen molar-refractivity contribution in [3.8, 4) is 33.8 Å². The van der Waals surface area contributed by atoms with Crippen LogP contribution in [0.2, 0.25) is 0 Å². The molecular weight excluding hydrogens is 725 g/mol. The van der Waals surface area contributed by atoms with Crippen LogP contribution in [0.15, 0.2) is 182 Å². The second-order valence-corrected chi connectivity index (χ2v) is 16.0. The fourth-order valence-corrected chi connectivity index (χ4v) is 10.7. The molecule has 0 spiro atoms. The van der Waals surface area contributed by atoms with Crippen molar-refractivity contribution in [2.45, 2.75) is 11.1 Å². The molecule has 4 heterocycles. The summed E-state index contributed by atoms with van der Waals surface area (Å²) in [5.41, 5.74) is 13.2. The third-order valence-electron chi connectivity index (χ3n) is 12.9. The molecule has 6 aromatic carbocycles. The van der Waals surface area contributed by atoms with Crippen LogP contribution >= 0.6 is 0 Å². The van der Waals surface area contributed by atoms with E-state index in [0.717, 1.165) is 45.6 Å². The second-order valence-electron chi connectivity index (χ2n) is 16.0. The van der Waals surface area contributed by atoms with Crippen LogP contribution in [0.1, 0.15) is 33.4 Å². The largest absolute Gasteiger partial charge is 0.457 e. The highest BCUT2D eigenvalue weighted by Crippen LogP contribution is 2.59. The van der Waals surface area contributed by atoms with Crippen molar-refractivity contribution >= 4 is 23.0 Å².